The molecule has 1 aromatic heterocycles. The van der Waals surface area contributed by atoms with Crippen LogP contribution in [0.2, 0.25) is 5.02 Å². The first kappa shape index (κ1) is 21.5. The van der Waals surface area contributed by atoms with Gasteiger partial charge in [-0.1, -0.05) is 17.7 Å². The van der Waals surface area contributed by atoms with E-state index in [9.17, 15) is 14.4 Å². The maximum atomic E-state index is 12.8. The number of ether oxygens (including phenoxy) is 1. The Morgan fingerprint density at radius 2 is 1.93 bits per heavy atom. The average molecular weight is 406 g/mol. The van der Waals surface area contributed by atoms with Crippen molar-refractivity contribution in [2.45, 2.75) is 33.8 Å². The van der Waals surface area contributed by atoms with Gasteiger partial charge in [0.25, 0.3) is 5.91 Å². The van der Waals surface area contributed by atoms with Crippen LogP contribution in [0.15, 0.2) is 24.3 Å². The molecule has 7 nitrogen and oxygen atoms in total. The lowest BCUT2D eigenvalue weighted by Crippen LogP contribution is -2.35. The first-order valence-corrected chi connectivity index (χ1v) is 9.19. The van der Waals surface area contributed by atoms with E-state index in [0.717, 1.165) is 0 Å². The molecule has 0 aliphatic heterocycles. The quantitative estimate of drug-likeness (QED) is 0.719. The number of anilines is 1. The molecular formula is C20H24ClN3O4. The highest BCUT2D eigenvalue weighted by Crippen LogP contribution is 2.21. The lowest BCUT2D eigenvalue weighted by molar-refractivity contribution is -0.116. The third-order valence-electron chi connectivity index (χ3n) is 4.03. The third-order valence-corrected chi connectivity index (χ3v) is 4.27. The highest BCUT2D eigenvalue weighted by Gasteiger charge is 2.26. The number of nitrogens with zero attached hydrogens (tertiary/aromatic N) is 1. The maximum absolute atomic E-state index is 12.8. The van der Waals surface area contributed by atoms with Crippen LogP contribution in [0.1, 0.15) is 46.0 Å². The van der Waals surface area contributed by atoms with Gasteiger partial charge < -0.3 is 19.9 Å². The zero-order chi connectivity index (χ0) is 21.0. The second-order valence-electron chi connectivity index (χ2n) is 6.80. The molecule has 2 aromatic rings. The summed E-state index contributed by atoms with van der Waals surface area (Å²) in [5, 5.41) is 3.19. The highest BCUT2D eigenvalue weighted by atomic mass is 35.5. The largest absolute Gasteiger partial charge is 0.459 e. The van der Waals surface area contributed by atoms with Gasteiger partial charge in [0, 0.05) is 23.5 Å². The molecule has 0 aliphatic rings. The monoisotopic (exact) mass is 405 g/mol. The van der Waals surface area contributed by atoms with E-state index in [1.165, 1.54) is 11.9 Å². The fourth-order valence-corrected chi connectivity index (χ4v) is 2.98. The molecule has 150 valence electrons. The van der Waals surface area contributed by atoms with E-state index in [0.29, 0.717) is 27.5 Å². The number of hydrogen-bond acceptors (Lipinski definition) is 4. The van der Waals surface area contributed by atoms with Crippen molar-refractivity contribution in [3.63, 3.8) is 0 Å². The zero-order valence-corrected chi connectivity index (χ0v) is 17.3. The van der Waals surface area contributed by atoms with Gasteiger partial charge in [-0.25, -0.2) is 4.79 Å². The number of likely N-dealkylation sites (N-methyl/N-ethyl adjacent to an activating group) is 1. The molecule has 0 saturated heterocycles. The Bertz CT molecular complexity index is 905. The number of rotatable bonds is 6. The molecule has 0 unspecified atom stereocenters. The SMILES string of the molecule is Cc1[nH]c(C(=O)N(C)CC(=O)Nc2cccc(Cl)c2)c(C)c1C(=O)OC(C)C. The lowest BCUT2D eigenvalue weighted by atomic mass is 10.1. The fourth-order valence-electron chi connectivity index (χ4n) is 2.79. The predicted octanol–water partition coefficient (Wildman–Crippen LogP) is 3.56. The number of nitrogens with one attached hydrogen (secondary N) is 2. The predicted molar refractivity (Wildman–Crippen MR) is 108 cm³/mol. The number of benzene rings is 1. The molecule has 1 aromatic carbocycles. The first-order valence-electron chi connectivity index (χ1n) is 8.81. The molecule has 2 amide bonds. The smallest absolute Gasteiger partial charge is 0.340 e. The minimum Gasteiger partial charge on any atom is -0.459 e. The molecule has 0 atom stereocenters. The van der Waals surface area contributed by atoms with Crippen LogP contribution in [0, 0.1) is 13.8 Å². The van der Waals surface area contributed by atoms with Gasteiger partial charge in [0.05, 0.1) is 18.2 Å². The number of H-pyrrole nitrogens is 1. The number of carbonyl (C=O) groups excluding carboxylic acids is 3. The molecule has 1 heterocycles. The number of amides is 2. The minimum absolute atomic E-state index is 0.158. The topological polar surface area (TPSA) is 91.5 Å². The standard InChI is InChI=1S/C20H24ClN3O4/c1-11(2)28-20(27)17-12(3)18(22-13(17)4)19(26)24(5)10-16(25)23-15-8-6-7-14(21)9-15/h6-9,11,22H,10H2,1-5H3,(H,23,25). The Morgan fingerprint density at radius 3 is 2.54 bits per heavy atom. The van der Waals surface area contributed by atoms with Crippen molar-refractivity contribution in [1.82, 2.24) is 9.88 Å². The third kappa shape index (κ3) is 5.13. The van der Waals surface area contributed by atoms with Crippen molar-refractivity contribution in [2.24, 2.45) is 0 Å². The second-order valence-corrected chi connectivity index (χ2v) is 7.24. The second kappa shape index (κ2) is 8.93. The van der Waals surface area contributed by atoms with Crippen molar-refractivity contribution in [3.05, 3.63) is 51.8 Å². The number of halogens is 1. The van der Waals surface area contributed by atoms with E-state index in [4.69, 9.17) is 16.3 Å². The zero-order valence-electron chi connectivity index (χ0n) is 16.6. The van der Waals surface area contributed by atoms with Crippen LogP contribution in [-0.2, 0) is 9.53 Å². The number of hydrogen-bond donors (Lipinski definition) is 2. The van der Waals surface area contributed by atoms with E-state index in [1.807, 2.05) is 0 Å². The van der Waals surface area contributed by atoms with E-state index in [1.54, 1.807) is 52.0 Å². The summed E-state index contributed by atoms with van der Waals surface area (Å²) in [6.45, 7) is 6.73. The van der Waals surface area contributed by atoms with Gasteiger partial charge in [0.1, 0.15) is 5.69 Å². The molecular weight excluding hydrogens is 382 g/mol. The Labute approximate surface area is 169 Å². The van der Waals surface area contributed by atoms with Gasteiger partial charge in [0.15, 0.2) is 0 Å². The number of esters is 1. The Balaban J connectivity index is 2.10. The molecule has 0 bridgehead atoms. The van der Waals surface area contributed by atoms with Gasteiger partial charge in [-0.3, -0.25) is 9.59 Å². The number of aryl methyl sites for hydroxylation is 1. The summed E-state index contributed by atoms with van der Waals surface area (Å²) in [6.07, 6.45) is -0.266. The van der Waals surface area contributed by atoms with Crippen LogP contribution >= 0.6 is 11.6 Å². The van der Waals surface area contributed by atoms with Crippen LogP contribution in [0.4, 0.5) is 5.69 Å². The molecule has 28 heavy (non-hydrogen) atoms. The summed E-state index contributed by atoms with van der Waals surface area (Å²) in [7, 11) is 1.52. The van der Waals surface area contributed by atoms with Crippen molar-refractivity contribution < 1.29 is 19.1 Å². The average Bonchev–Trinajstić information content (AvgIpc) is 2.87. The summed E-state index contributed by atoms with van der Waals surface area (Å²) in [5.74, 6) is -1.24. The minimum atomic E-state index is -0.485. The van der Waals surface area contributed by atoms with Gasteiger partial charge in [-0.05, 0) is 51.5 Å². The van der Waals surface area contributed by atoms with E-state index in [2.05, 4.69) is 10.3 Å². The normalized spacial score (nSPS) is 10.7. The highest BCUT2D eigenvalue weighted by molar-refractivity contribution is 6.30. The van der Waals surface area contributed by atoms with Crippen molar-refractivity contribution in [3.8, 4) is 0 Å². The number of aromatic amines is 1. The number of carbonyl (C=O) groups is 3. The lowest BCUT2D eigenvalue weighted by Gasteiger charge is -2.17. The summed E-state index contributed by atoms with van der Waals surface area (Å²) < 4.78 is 5.23. The molecule has 0 aliphatic carbocycles. The molecule has 2 N–H and O–H groups in total. The summed E-state index contributed by atoms with van der Waals surface area (Å²) >= 11 is 5.90. The van der Waals surface area contributed by atoms with Crippen molar-refractivity contribution in [1.29, 1.82) is 0 Å². The maximum Gasteiger partial charge on any atom is 0.340 e. The van der Waals surface area contributed by atoms with E-state index >= 15 is 0 Å². The molecule has 0 fully saturated rings. The Morgan fingerprint density at radius 1 is 1.25 bits per heavy atom. The Kier molecular flexibility index (Phi) is 6.85. The van der Waals surface area contributed by atoms with Crippen LogP contribution in [0.25, 0.3) is 0 Å². The molecule has 2 rings (SSSR count). The van der Waals surface area contributed by atoms with Crippen LogP contribution < -0.4 is 5.32 Å². The van der Waals surface area contributed by atoms with Gasteiger partial charge >= 0.3 is 5.97 Å². The van der Waals surface area contributed by atoms with Crippen LogP contribution in [0.5, 0.6) is 0 Å². The van der Waals surface area contributed by atoms with Crippen LogP contribution in [0.3, 0.4) is 0 Å². The van der Waals surface area contributed by atoms with Gasteiger partial charge in [0.2, 0.25) is 5.91 Å². The Hall–Kier alpha value is -2.80. The molecule has 0 radical (unpaired) electrons. The summed E-state index contributed by atoms with van der Waals surface area (Å²) in [4.78, 5) is 41.5. The van der Waals surface area contributed by atoms with Crippen LogP contribution in [-0.4, -0.2) is 47.4 Å². The van der Waals surface area contributed by atoms with Gasteiger partial charge in [-0.15, -0.1) is 0 Å². The molecule has 0 saturated carbocycles. The molecule has 0 spiro atoms. The fraction of sp³-hybridized carbons (Fsp3) is 0.350. The summed E-state index contributed by atoms with van der Waals surface area (Å²) in [6, 6.07) is 6.74. The van der Waals surface area contributed by atoms with Gasteiger partial charge in [-0.2, -0.15) is 0 Å². The number of aromatic nitrogens is 1. The molecule has 8 heteroatoms. The van der Waals surface area contributed by atoms with Crippen molar-refractivity contribution >= 4 is 35.1 Å². The van der Waals surface area contributed by atoms with E-state index < -0.39 is 11.9 Å². The van der Waals surface area contributed by atoms with Crippen molar-refractivity contribution in [2.75, 3.05) is 18.9 Å². The first-order chi connectivity index (χ1) is 13.1. The van der Waals surface area contributed by atoms with E-state index in [-0.39, 0.29) is 24.2 Å². The summed E-state index contributed by atoms with van der Waals surface area (Å²) in [5.41, 5.74) is 2.18.